The Hall–Kier alpha value is -1.10. The summed E-state index contributed by atoms with van der Waals surface area (Å²) < 4.78 is 5.14. The monoisotopic (exact) mass is 231 g/mol. The van der Waals surface area contributed by atoms with Crippen molar-refractivity contribution in [1.29, 1.82) is 0 Å². The summed E-state index contributed by atoms with van der Waals surface area (Å²) in [4.78, 5) is 24.1. The van der Waals surface area contributed by atoms with Gasteiger partial charge in [0.05, 0.1) is 12.0 Å². The number of hydrogen-bond acceptors (Lipinski definition) is 3. The van der Waals surface area contributed by atoms with Crippen molar-refractivity contribution >= 4 is 11.9 Å². The van der Waals surface area contributed by atoms with Gasteiger partial charge in [-0.05, 0) is 27.7 Å². The van der Waals surface area contributed by atoms with E-state index >= 15 is 0 Å². The summed E-state index contributed by atoms with van der Waals surface area (Å²) >= 11 is 0. The van der Waals surface area contributed by atoms with E-state index in [1.165, 1.54) is 32.9 Å². The van der Waals surface area contributed by atoms with Gasteiger partial charge in [-0.25, -0.2) is 4.79 Å². The summed E-state index contributed by atoms with van der Waals surface area (Å²) in [5.41, 5.74) is -1.79. The molecule has 0 aromatic carbocycles. The predicted molar refractivity (Wildman–Crippen MR) is 60.2 cm³/mol. The number of amides is 1. The first-order valence-electron chi connectivity index (χ1n) is 5.10. The summed E-state index contributed by atoms with van der Waals surface area (Å²) in [6, 6.07) is 0. The fourth-order valence-corrected chi connectivity index (χ4v) is 1.01. The van der Waals surface area contributed by atoms with E-state index in [-0.39, 0.29) is 12.3 Å². The number of aliphatic carboxylic acids is 1. The first-order valence-corrected chi connectivity index (χ1v) is 5.10. The molecule has 1 amide bonds. The Morgan fingerprint density at radius 3 is 2.00 bits per heavy atom. The smallest absolute Gasteiger partial charge is 0.329 e. The maximum absolute atomic E-state index is 11.9. The molecule has 0 radical (unpaired) electrons. The van der Waals surface area contributed by atoms with Crippen LogP contribution in [0.5, 0.6) is 0 Å². The second kappa shape index (κ2) is 4.82. The highest BCUT2D eigenvalue weighted by Crippen LogP contribution is 2.19. The van der Waals surface area contributed by atoms with Gasteiger partial charge in [0, 0.05) is 14.2 Å². The molecule has 0 rings (SSSR count). The van der Waals surface area contributed by atoms with Crippen LogP contribution in [-0.4, -0.2) is 47.2 Å². The average Bonchev–Trinajstić information content (AvgIpc) is 2.15. The van der Waals surface area contributed by atoms with Crippen molar-refractivity contribution in [3.63, 3.8) is 0 Å². The molecule has 0 aliphatic heterocycles. The summed E-state index contributed by atoms with van der Waals surface area (Å²) in [6.45, 7) is 6.55. The molecule has 0 spiro atoms. The highest BCUT2D eigenvalue weighted by atomic mass is 16.5. The Kier molecular flexibility index (Phi) is 4.49. The van der Waals surface area contributed by atoms with E-state index in [1.807, 2.05) is 0 Å². The lowest BCUT2D eigenvalue weighted by atomic mass is 9.99. The van der Waals surface area contributed by atoms with Crippen LogP contribution >= 0.6 is 0 Å². The number of rotatable bonds is 5. The Balaban J connectivity index is 4.70. The number of carbonyl (C=O) groups is 2. The van der Waals surface area contributed by atoms with Crippen molar-refractivity contribution in [2.75, 3.05) is 14.2 Å². The van der Waals surface area contributed by atoms with E-state index in [0.29, 0.717) is 0 Å². The van der Waals surface area contributed by atoms with Crippen LogP contribution in [0.3, 0.4) is 0 Å². The molecule has 0 aliphatic rings. The zero-order chi connectivity index (χ0) is 13.1. The van der Waals surface area contributed by atoms with E-state index in [2.05, 4.69) is 0 Å². The lowest BCUT2D eigenvalue weighted by molar-refractivity contribution is -0.157. The second-order valence-corrected chi connectivity index (χ2v) is 4.96. The van der Waals surface area contributed by atoms with E-state index < -0.39 is 17.1 Å². The maximum atomic E-state index is 11.9. The van der Waals surface area contributed by atoms with Gasteiger partial charge in [-0.2, -0.15) is 0 Å². The Bertz CT molecular complexity index is 284. The van der Waals surface area contributed by atoms with Gasteiger partial charge in [0.25, 0.3) is 0 Å². The van der Waals surface area contributed by atoms with Gasteiger partial charge in [-0.15, -0.1) is 0 Å². The Labute approximate surface area is 96.4 Å². The zero-order valence-corrected chi connectivity index (χ0v) is 10.8. The summed E-state index contributed by atoms with van der Waals surface area (Å²) in [7, 11) is 3.01. The van der Waals surface area contributed by atoms with Crippen LogP contribution < -0.4 is 0 Å². The van der Waals surface area contributed by atoms with Crippen LogP contribution in [0.4, 0.5) is 0 Å². The van der Waals surface area contributed by atoms with Gasteiger partial charge in [-0.3, -0.25) is 4.79 Å². The van der Waals surface area contributed by atoms with Crippen LogP contribution in [0, 0.1) is 0 Å². The minimum absolute atomic E-state index is 0.150. The predicted octanol–water partition coefficient (Wildman–Crippen LogP) is 1.12. The third kappa shape index (κ3) is 3.48. The topological polar surface area (TPSA) is 66.8 Å². The van der Waals surface area contributed by atoms with E-state index in [9.17, 15) is 9.59 Å². The molecule has 0 saturated heterocycles. The summed E-state index contributed by atoms with van der Waals surface area (Å²) in [6.07, 6.45) is 0.150. The molecule has 0 aromatic rings. The minimum atomic E-state index is -1.21. The number of ether oxygens (including phenoxy) is 1. The SMILES string of the molecule is COC(C)(C)CC(=O)N(C)C(C)(C)C(=O)O. The average molecular weight is 231 g/mol. The van der Waals surface area contributed by atoms with Crippen molar-refractivity contribution in [3.05, 3.63) is 0 Å². The standard InChI is InChI=1S/C11H21NO4/c1-10(2,16-6)7-8(13)12(5)11(3,4)9(14)15/h7H2,1-6H3,(H,14,15). The molecule has 0 unspecified atom stereocenters. The molecule has 94 valence electrons. The number of methoxy groups -OCH3 is 1. The molecule has 0 atom stereocenters. The van der Waals surface area contributed by atoms with Gasteiger partial charge in [0.2, 0.25) is 5.91 Å². The van der Waals surface area contributed by atoms with Gasteiger partial charge >= 0.3 is 5.97 Å². The fraction of sp³-hybridized carbons (Fsp3) is 0.818. The molecule has 0 saturated carbocycles. The number of nitrogens with zero attached hydrogens (tertiary/aromatic N) is 1. The maximum Gasteiger partial charge on any atom is 0.329 e. The molecular weight excluding hydrogens is 210 g/mol. The second-order valence-electron chi connectivity index (χ2n) is 4.96. The molecule has 0 heterocycles. The molecule has 16 heavy (non-hydrogen) atoms. The molecule has 0 fully saturated rings. The highest BCUT2D eigenvalue weighted by Gasteiger charge is 2.36. The lowest BCUT2D eigenvalue weighted by Gasteiger charge is -2.34. The Morgan fingerprint density at radius 1 is 1.25 bits per heavy atom. The minimum Gasteiger partial charge on any atom is -0.480 e. The molecule has 0 bridgehead atoms. The van der Waals surface area contributed by atoms with Gasteiger partial charge in [0.15, 0.2) is 0 Å². The van der Waals surface area contributed by atoms with Crippen LogP contribution in [0.2, 0.25) is 0 Å². The van der Waals surface area contributed by atoms with Crippen molar-refractivity contribution in [3.8, 4) is 0 Å². The van der Waals surface area contributed by atoms with Crippen LogP contribution in [0.25, 0.3) is 0 Å². The van der Waals surface area contributed by atoms with Crippen LogP contribution in [0.15, 0.2) is 0 Å². The zero-order valence-electron chi connectivity index (χ0n) is 10.8. The summed E-state index contributed by atoms with van der Waals surface area (Å²) in [5, 5.41) is 8.99. The van der Waals surface area contributed by atoms with Crippen molar-refractivity contribution in [1.82, 2.24) is 4.90 Å². The van der Waals surface area contributed by atoms with Crippen molar-refractivity contribution < 1.29 is 19.4 Å². The van der Waals surface area contributed by atoms with E-state index in [1.54, 1.807) is 13.8 Å². The number of hydrogen-bond donors (Lipinski definition) is 1. The fourth-order valence-electron chi connectivity index (χ4n) is 1.01. The third-order valence-corrected chi connectivity index (χ3v) is 2.87. The van der Waals surface area contributed by atoms with Crippen LogP contribution in [0.1, 0.15) is 34.1 Å². The number of carboxylic acids is 1. The largest absolute Gasteiger partial charge is 0.480 e. The van der Waals surface area contributed by atoms with Gasteiger partial charge < -0.3 is 14.7 Å². The number of likely N-dealkylation sites (N-methyl/N-ethyl adjacent to an activating group) is 1. The van der Waals surface area contributed by atoms with Crippen molar-refractivity contribution in [2.45, 2.75) is 45.3 Å². The first-order chi connectivity index (χ1) is 7.04. The first kappa shape index (κ1) is 14.9. The number of carbonyl (C=O) groups excluding carboxylic acids is 1. The quantitative estimate of drug-likeness (QED) is 0.770. The number of carboxylic acid groups (broad SMARTS) is 1. The lowest BCUT2D eigenvalue weighted by Crippen LogP contribution is -2.52. The normalized spacial score (nSPS) is 12.4. The third-order valence-electron chi connectivity index (χ3n) is 2.87. The molecular formula is C11H21NO4. The molecule has 5 heteroatoms. The van der Waals surface area contributed by atoms with Gasteiger partial charge in [-0.1, -0.05) is 0 Å². The molecule has 5 nitrogen and oxygen atoms in total. The van der Waals surface area contributed by atoms with E-state index in [4.69, 9.17) is 9.84 Å². The summed E-state index contributed by atoms with van der Waals surface area (Å²) in [5.74, 6) is -1.28. The molecule has 0 aromatic heterocycles. The van der Waals surface area contributed by atoms with Gasteiger partial charge in [0.1, 0.15) is 5.54 Å². The molecule has 0 aliphatic carbocycles. The van der Waals surface area contributed by atoms with E-state index in [0.717, 1.165) is 0 Å². The molecule has 1 N–H and O–H groups in total. The Morgan fingerprint density at radius 2 is 1.69 bits per heavy atom. The van der Waals surface area contributed by atoms with Crippen LogP contribution in [-0.2, 0) is 14.3 Å². The van der Waals surface area contributed by atoms with Crippen molar-refractivity contribution in [2.24, 2.45) is 0 Å². The highest BCUT2D eigenvalue weighted by molar-refractivity contribution is 5.86.